The minimum Gasteiger partial charge on any atom is -0.313 e. The van der Waals surface area contributed by atoms with Crippen molar-refractivity contribution in [1.82, 2.24) is 19.6 Å². The maximum absolute atomic E-state index is 13.1. The molecule has 1 aliphatic carbocycles. The zero-order valence-corrected chi connectivity index (χ0v) is 18.6. The quantitative estimate of drug-likeness (QED) is 0.683. The molecule has 2 aliphatic rings. The summed E-state index contributed by atoms with van der Waals surface area (Å²) in [5.41, 5.74) is -0.131. The Morgan fingerprint density at radius 2 is 1.81 bits per heavy atom. The lowest BCUT2D eigenvalue weighted by molar-refractivity contribution is -0.136. The molecule has 164 valence electrons. The lowest BCUT2D eigenvalue weighted by atomic mass is 9.81. The van der Waals surface area contributed by atoms with Gasteiger partial charge >= 0.3 is 6.03 Å². The summed E-state index contributed by atoms with van der Waals surface area (Å²) < 4.78 is 1.55. The molecule has 1 aliphatic heterocycles. The summed E-state index contributed by atoms with van der Waals surface area (Å²) in [5, 5.41) is 7.94. The van der Waals surface area contributed by atoms with Crippen molar-refractivity contribution in [2.45, 2.75) is 44.2 Å². The molecule has 0 atom stereocenters. The number of halogens is 2. The molecular weight excluding hydrogens is 441 g/mol. The molecule has 4 amide bonds. The number of urea groups is 1. The summed E-state index contributed by atoms with van der Waals surface area (Å²) in [5.74, 6) is -0.345. The van der Waals surface area contributed by atoms with Crippen LogP contribution in [0.5, 0.6) is 0 Å². The first-order chi connectivity index (χ1) is 14.8. The summed E-state index contributed by atoms with van der Waals surface area (Å²) in [7, 11) is 1.64. The van der Waals surface area contributed by atoms with Crippen LogP contribution in [0.2, 0.25) is 10.0 Å². The van der Waals surface area contributed by atoms with Crippen molar-refractivity contribution >= 4 is 46.9 Å². The van der Waals surface area contributed by atoms with Gasteiger partial charge in [-0.05, 0) is 25.0 Å². The van der Waals surface area contributed by atoms with E-state index in [9.17, 15) is 14.4 Å². The first-order valence-corrected chi connectivity index (χ1v) is 10.9. The third-order valence-corrected chi connectivity index (χ3v) is 6.85. The third-order valence-electron chi connectivity index (χ3n) is 6.14. The van der Waals surface area contributed by atoms with Crippen LogP contribution >= 0.6 is 23.2 Å². The summed E-state index contributed by atoms with van der Waals surface area (Å²) >= 11 is 12.5. The summed E-state index contributed by atoms with van der Waals surface area (Å²) in [6.07, 6.45) is 5.66. The summed E-state index contributed by atoms with van der Waals surface area (Å²) in [4.78, 5) is 41.0. The van der Waals surface area contributed by atoms with E-state index >= 15 is 0 Å². The van der Waals surface area contributed by atoms with Crippen molar-refractivity contribution in [3.63, 3.8) is 0 Å². The molecule has 2 fully saturated rings. The highest BCUT2D eigenvalue weighted by Crippen LogP contribution is 2.39. The number of hydrogen-bond acceptors (Lipinski definition) is 4. The highest BCUT2D eigenvalue weighted by molar-refractivity contribution is 6.36. The minimum atomic E-state index is -0.807. The van der Waals surface area contributed by atoms with Gasteiger partial charge in [-0.15, -0.1) is 0 Å². The number of nitrogens with zero attached hydrogens (tertiary/aromatic N) is 4. The highest BCUT2D eigenvalue weighted by atomic mass is 35.5. The van der Waals surface area contributed by atoms with E-state index in [0.717, 1.165) is 24.2 Å². The second-order valence-corrected chi connectivity index (χ2v) is 8.76. The molecule has 1 aromatic heterocycles. The Bertz CT molecular complexity index is 1010. The number of hydrogen-bond donors (Lipinski definition) is 1. The predicted octanol–water partition coefficient (Wildman–Crippen LogP) is 3.77. The number of nitrogens with one attached hydrogen (secondary N) is 1. The standard InChI is InChI=1S/C21H23Cl2N5O3/c1-26-20(31)27(19(30)21(26)9-3-2-4-10-21)13-18(29)25-17-8-11-24-28(17)12-14-15(22)6-5-7-16(14)23/h5-8,11H,2-4,9-10,12-13H2,1H3,(H,25,29). The van der Waals surface area contributed by atoms with Crippen LogP contribution in [0.1, 0.15) is 37.7 Å². The number of rotatable bonds is 5. The van der Waals surface area contributed by atoms with Gasteiger partial charge in [0.05, 0.1) is 12.7 Å². The number of imide groups is 1. The molecule has 8 nitrogen and oxygen atoms in total. The van der Waals surface area contributed by atoms with Gasteiger partial charge < -0.3 is 10.2 Å². The molecular formula is C21H23Cl2N5O3. The molecule has 2 heterocycles. The van der Waals surface area contributed by atoms with Crippen LogP contribution < -0.4 is 5.32 Å². The Morgan fingerprint density at radius 1 is 1.13 bits per heavy atom. The fraction of sp³-hybridized carbons (Fsp3) is 0.429. The molecule has 10 heteroatoms. The van der Waals surface area contributed by atoms with Crippen LogP contribution in [0.15, 0.2) is 30.5 Å². The maximum Gasteiger partial charge on any atom is 0.327 e. The Morgan fingerprint density at radius 3 is 2.48 bits per heavy atom. The van der Waals surface area contributed by atoms with Crippen molar-refractivity contribution in [3.8, 4) is 0 Å². The SMILES string of the molecule is CN1C(=O)N(CC(=O)Nc2ccnn2Cc2c(Cl)cccc2Cl)C(=O)C12CCCCC2. The molecule has 0 unspecified atom stereocenters. The second-order valence-electron chi connectivity index (χ2n) is 7.95. The number of carbonyl (C=O) groups excluding carboxylic acids is 3. The van der Waals surface area contributed by atoms with Gasteiger partial charge in [-0.3, -0.25) is 14.5 Å². The highest BCUT2D eigenvalue weighted by Gasteiger charge is 2.55. The molecule has 1 aromatic carbocycles. The number of carbonyl (C=O) groups is 3. The number of amides is 4. The van der Waals surface area contributed by atoms with Gasteiger partial charge in [0.15, 0.2) is 0 Å². The van der Waals surface area contributed by atoms with Crippen molar-refractivity contribution in [2.75, 3.05) is 18.9 Å². The first-order valence-electron chi connectivity index (χ1n) is 10.2. The fourth-order valence-electron chi connectivity index (χ4n) is 4.40. The number of aromatic nitrogens is 2. The molecule has 4 rings (SSSR count). The normalized spacial score (nSPS) is 18.2. The van der Waals surface area contributed by atoms with Gasteiger partial charge in [-0.2, -0.15) is 5.10 Å². The van der Waals surface area contributed by atoms with Crippen LogP contribution in [0.3, 0.4) is 0 Å². The topological polar surface area (TPSA) is 87.5 Å². The van der Waals surface area contributed by atoms with Crippen molar-refractivity contribution < 1.29 is 14.4 Å². The van der Waals surface area contributed by atoms with E-state index in [-0.39, 0.29) is 19.0 Å². The maximum atomic E-state index is 13.1. The van der Waals surface area contributed by atoms with E-state index in [1.807, 2.05) is 0 Å². The molecule has 1 saturated carbocycles. The van der Waals surface area contributed by atoms with Crippen molar-refractivity contribution in [3.05, 3.63) is 46.1 Å². The minimum absolute atomic E-state index is 0.258. The summed E-state index contributed by atoms with van der Waals surface area (Å²) in [6, 6.07) is 6.41. The number of benzene rings is 1. The van der Waals surface area contributed by atoms with E-state index < -0.39 is 17.5 Å². The van der Waals surface area contributed by atoms with Crippen molar-refractivity contribution in [1.29, 1.82) is 0 Å². The first kappa shape index (κ1) is 21.6. The van der Waals surface area contributed by atoms with E-state index in [2.05, 4.69) is 10.4 Å². The number of anilines is 1. The van der Waals surface area contributed by atoms with Gasteiger partial charge in [-0.1, -0.05) is 48.5 Å². The van der Waals surface area contributed by atoms with Gasteiger partial charge in [0.2, 0.25) is 5.91 Å². The summed E-state index contributed by atoms with van der Waals surface area (Å²) in [6.45, 7) is -0.0870. The largest absolute Gasteiger partial charge is 0.327 e. The average Bonchev–Trinajstić information content (AvgIpc) is 3.25. The molecule has 0 radical (unpaired) electrons. The lowest BCUT2D eigenvalue weighted by Gasteiger charge is -2.35. The monoisotopic (exact) mass is 463 g/mol. The molecule has 0 bridgehead atoms. The number of likely N-dealkylation sites (N-methyl/N-ethyl adjacent to an activating group) is 1. The zero-order valence-electron chi connectivity index (χ0n) is 17.1. The van der Waals surface area contributed by atoms with Crippen LogP contribution in [-0.2, 0) is 16.1 Å². The van der Waals surface area contributed by atoms with E-state index in [1.54, 1.807) is 36.0 Å². The Balaban J connectivity index is 1.46. The molecule has 1 spiro atoms. The van der Waals surface area contributed by atoms with Gasteiger partial charge in [-0.25, -0.2) is 9.48 Å². The Labute approximate surface area is 190 Å². The molecule has 2 aromatic rings. The van der Waals surface area contributed by atoms with Crippen LogP contribution in [0.4, 0.5) is 10.6 Å². The molecule has 1 saturated heterocycles. The van der Waals surface area contributed by atoms with Gasteiger partial charge in [0, 0.05) is 28.7 Å². The predicted molar refractivity (Wildman–Crippen MR) is 117 cm³/mol. The van der Waals surface area contributed by atoms with Gasteiger partial charge in [0.1, 0.15) is 17.9 Å². The fourth-order valence-corrected chi connectivity index (χ4v) is 4.91. The van der Waals surface area contributed by atoms with Crippen LogP contribution in [0.25, 0.3) is 0 Å². The lowest BCUT2D eigenvalue weighted by Crippen LogP contribution is -2.49. The zero-order chi connectivity index (χ0) is 22.2. The Kier molecular flexibility index (Phi) is 5.94. The van der Waals surface area contributed by atoms with E-state index in [0.29, 0.717) is 34.3 Å². The van der Waals surface area contributed by atoms with E-state index in [1.165, 1.54) is 11.1 Å². The smallest absolute Gasteiger partial charge is 0.313 e. The van der Waals surface area contributed by atoms with Crippen LogP contribution in [0, 0.1) is 0 Å². The molecule has 1 N–H and O–H groups in total. The van der Waals surface area contributed by atoms with Crippen LogP contribution in [-0.4, -0.2) is 56.6 Å². The average molecular weight is 464 g/mol. The van der Waals surface area contributed by atoms with Crippen molar-refractivity contribution in [2.24, 2.45) is 0 Å². The van der Waals surface area contributed by atoms with Gasteiger partial charge in [0.25, 0.3) is 5.91 Å². The van der Waals surface area contributed by atoms with E-state index in [4.69, 9.17) is 23.2 Å². The third kappa shape index (κ3) is 3.90. The Hall–Kier alpha value is -2.58. The molecule has 31 heavy (non-hydrogen) atoms. The second kappa shape index (κ2) is 8.51.